The molecule has 1 aliphatic carbocycles. The fourth-order valence-electron chi connectivity index (χ4n) is 3.88. The third-order valence-corrected chi connectivity index (χ3v) is 5.13. The van der Waals surface area contributed by atoms with Crippen LogP contribution in [0.3, 0.4) is 0 Å². The number of aliphatic carboxylic acids is 1. The van der Waals surface area contributed by atoms with Crippen LogP contribution in [0.25, 0.3) is 0 Å². The monoisotopic (exact) mass is 253 g/mol. The molecule has 0 radical (unpaired) electrons. The van der Waals surface area contributed by atoms with Gasteiger partial charge in [-0.3, -0.25) is 9.69 Å². The molecule has 0 amide bonds. The number of rotatable bonds is 5. The lowest BCUT2D eigenvalue weighted by molar-refractivity contribution is -0.154. The molecule has 0 spiro atoms. The lowest BCUT2D eigenvalue weighted by Gasteiger charge is -2.49. The van der Waals surface area contributed by atoms with Gasteiger partial charge in [0.2, 0.25) is 0 Å². The van der Waals surface area contributed by atoms with Crippen molar-refractivity contribution in [3.05, 3.63) is 0 Å². The minimum Gasteiger partial charge on any atom is -0.480 e. The van der Waals surface area contributed by atoms with Gasteiger partial charge in [0.05, 0.1) is 0 Å². The van der Waals surface area contributed by atoms with Crippen LogP contribution in [0.2, 0.25) is 0 Å². The van der Waals surface area contributed by atoms with E-state index >= 15 is 0 Å². The molecule has 1 unspecified atom stereocenters. The number of hydrogen-bond acceptors (Lipinski definition) is 2. The Hall–Kier alpha value is -0.570. The molecular formula is C15H27NO2. The van der Waals surface area contributed by atoms with Crippen LogP contribution in [0.15, 0.2) is 0 Å². The van der Waals surface area contributed by atoms with Crippen LogP contribution >= 0.6 is 0 Å². The summed E-state index contributed by atoms with van der Waals surface area (Å²) in [5.41, 5.74) is -0.540. The average Bonchev–Trinajstić information content (AvgIpc) is 2.61. The van der Waals surface area contributed by atoms with Crippen molar-refractivity contribution in [3.8, 4) is 0 Å². The largest absolute Gasteiger partial charge is 0.480 e. The van der Waals surface area contributed by atoms with Gasteiger partial charge in [0.15, 0.2) is 0 Å². The molecule has 2 aliphatic rings. The number of nitrogens with zero attached hydrogens (tertiary/aromatic N) is 1. The van der Waals surface area contributed by atoms with Crippen molar-refractivity contribution in [1.82, 2.24) is 4.90 Å². The summed E-state index contributed by atoms with van der Waals surface area (Å²) < 4.78 is 0. The summed E-state index contributed by atoms with van der Waals surface area (Å²) in [7, 11) is 0. The quantitative estimate of drug-likeness (QED) is 0.818. The lowest BCUT2D eigenvalue weighted by Crippen LogP contribution is -2.58. The minimum atomic E-state index is -0.588. The molecule has 18 heavy (non-hydrogen) atoms. The van der Waals surface area contributed by atoms with E-state index in [4.69, 9.17) is 0 Å². The molecule has 1 saturated carbocycles. The van der Waals surface area contributed by atoms with Gasteiger partial charge >= 0.3 is 5.97 Å². The van der Waals surface area contributed by atoms with Crippen molar-refractivity contribution in [3.63, 3.8) is 0 Å². The highest BCUT2D eigenvalue weighted by molar-refractivity contribution is 5.79. The Morgan fingerprint density at radius 1 is 1.44 bits per heavy atom. The maximum atomic E-state index is 11.7. The second-order valence-electron chi connectivity index (χ2n) is 6.51. The van der Waals surface area contributed by atoms with Gasteiger partial charge in [-0.2, -0.15) is 0 Å². The lowest BCUT2D eigenvalue weighted by atomic mass is 9.71. The average molecular weight is 253 g/mol. The van der Waals surface area contributed by atoms with Crippen LogP contribution < -0.4 is 0 Å². The van der Waals surface area contributed by atoms with Crippen LogP contribution in [0.5, 0.6) is 0 Å². The molecule has 1 aliphatic heterocycles. The van der Waals surface area contributed by atoms with Gasteiger partial charge < -0.3 is 5.11 Å². The van der Waals surface area contributed by atoms with Crippen molar-refractivity contribution in [2.45, 2.75) is 70.9 Å². The van der Waals surface area contributed by atoms with E-state index in [0.717, 1.165) is 44.1 Å². The zero-order valence-corrected chi connectivity index (χ0v) is 12.0. The van der Waals surface area contributed by atoms with E-state index in [-0.39, 0.29) is 0 Å². The van der Waals surface area contributed by atoms with E-state index in [1.165, 1.54) is 12.8 Å². The smallest absolute Gasteiger partial charge is 0.324 e. The summed E-state index contributed by atoms with van der Waals surface area (Å²) in [6, 6.07) is 0.530. The van der Waals surface area contributed by atoms with Gasteiger partial charge in [-0.15, -0.1) is 0 Å². The van der Waals surface area contributed by atoms with Crippen molar-refractivity contribution >= 4 is 5.97 Å². The number of carboxylic acids is 1. The molecule has 3 heteroatoms. The summed E-state index contributed by atoms with van der Waals surface area (Å²) in [4.78, 5) is 14.1. The highest BCUT2D eigenvalue weighted by Gasteiger charge is 2.51. The first kappa shape index (κ1) is 13.9. The Bertz CT molecular complexity index is 310. The molecule has 1 heterocycles. The predicted molar refractivity (Wildman–Crippen MR) is 72.6 cm³/mol. The van der Waals surface area contributed by atoms with Crippen LogP contribution in [0, 0.1) is 11.8 Å². The standard InChI is InChI=1S/C15H27NO2/c1-4-6-15(14(17)18)7-5-8-16(15)13-9-12(10-13)11(2)3/h11-13H,4-10H2,1-3H3,(H,17,18). The first-order valence-electron chi connectivity index (χ1n) is 7.51. The predicted octanol–water partition coefficient (Wildman–Crippen LogP) is 3.14. The summed E-state index contributed by atoms with van der Waals surface area (Å²) in [6.07, 6.45) is 6.08. The van der Waals surface area contributed by atoms with Gasteiger partial charge in [-0.05, 0) is 50.5 Å². The van der Waals surface area contributed by atoms with Crippen molar-refractivity contribution in [1.29, 1.82) is 0 Å². The highest BCUT2D eigenvalue weighted by Crippen LogP contribution is 2.44. The van der Waals surface area contributed by atoms with Crippen LogP contribution in [0.1, 0.15) is 59.3 Å². The van der Waals surface area contributed by atoms with E-state index in [9.17, 15) is 9.90 Å². The van der Waals surface area contributed by atoms with Gasteiger partial charge in [0.1, 0.15) is 5.54 Å². The zero-order valence-electron chi connectivity index (χ0n) is 12.0. The second-order valence-corrected chi connectivity index (χ2v) is 6.51. The summed E-state index contributed by atoms with van der Waals surface area (Å²) in [5.74, 6) is 0.966. The maximum absolute atomic E-state index is 11.7. The fourth-order valence-corrected chi connectivity index (χ4v) is 3.88. The van der Waals surface area contributed by atoms with E-state index in [2.05, 4.69) is 25.7 Å². The SMILES string of the molecule is CCCC1(C(=O)O)CCCN1C1CC(C(C)C)C1. The molecule has 2 fully saturated rings. The Morgan fingerprint density at radius 3 is 2.61 bits per heavy atom. The molecule has 3 nitrogen and oxygen atoms in total. The Labute approximate surface area is 111 Å². The molecule has 1 atom stereocenters. The van der Waals surface area contributed by atoms with Gasteiger partial charge in [0, 0.05) is 6.04 Å². The molecular weight excluding hydrogens is 226 g/mol. The maximum Gasteiger partial charge on any atom is 0.324 e. The van der Waals surface area contributed by atoms with Gasteiger partial charge in [-0.1, -0.05) is 27.2 Å². The molecule has 0 aromatic heterocycles. The summed E-state index contributed by atoms with van der Waals surface area (Å²) in [5, 5.41) is 9.67. The molecule has 0 bridgehead atoms. The van der Waals surface area contributed by atoms with Crippen molar-refractivity contribution < 1.29 is 9.90 Å². The topological polar surface area (TPSA) is 40.5 Å². The van der Waals surface area contributed by atoms with E-state index in [1.54, 1.807) is 0 Å². The van der Waals surface area contributed by atoms with Crippen molar-refractivity contribution in [2.24, 2.45) is 11.8 Å². The Morgan fingerprint density at radius 2 is 2.11 bits per heavy atom. The summed E-state index contributed by atoms with van der Waals surface area (Å²) in [6.45, 7) is 7.64. The van der Waals surface area contributed by atoms with Crippen LogP contribution in [-0.2, 0) is 4.79 Å². The van der Waals surface area contributed by atoms with Crippen LogP contribution in [0.4, 0.5) is 0 Å². The number of hydrogen-bond donors (Lipinski definition) is 1. The number of likely N-dealkylation sites (tertiary alicyclic amines) is 1. The third kappa shape index (κ3) is 2.18. The number of carboxylic acid groups (broad SMARTS) is 1. The minimum absolute atomic E-state index is 0.530. The second kappa shape index (κ2) is 5.20. The van der Waals surface area contributed by atoms with Gasteiger partial charge in [0.25, 0.3) is 0 Å². The normalized spacial score (nSPS) is 36.9. The third-order valence-electron chi connectivity index (χ3n) is 5.13. The first-order chi connectivity index (χ1) is 8.51. The highest BCUT2D eigenvalue weighted by atomic mass is 16.4. The summed E-state index contributed by atoms with van der Waals surface area (Å²) >= 11 is 0. The van der Waals surface area contributed by atoms with E-state index < -0.39 is 11.5 Å². The van der Waals surface area contributed by atoms with E-state index in [1.807, 2.05) is 0 Å². The molecule has 1 N–H and O–H groups in total. The first-order valence-corrected chi connectivity index (χ1v) is 7.51. The fraction of sp³-hybridized carbons (Fsp3) is 0.933. The molecule has 2 rings (SSSR count). The van der Waals surface area contributed by atoms with Crippen molar-refractivity contribution in [2.75, 3.05) is 6.54 Å². The van der Waals surface area contributed by atoms with Gasteiger partial charge in [-0.25, -0.2) is 0 Å². The zero-order chi connectivity index (χ0) is 13.3. The molecule has 1 saturated heterocycles. The number of carbonyl (C=O) groups is 1. The molecule has 0 aromatic carbocycles. The van der Waals surface area contributed by atoms with Crippen LogP contribution in [-0.4, -0.2) is 34.1 Å². The Kier molecular flexibility index (Phi) is 4.00. The molecule has 104 valence electrons. The Balaban J connectivity index is 2.05. The molecule has 0 aromatic rings. The van der Waals surface area contributed by atoms with E-state index in [0.29, 0.717) is 6.04 Å².